The zero-order chi connectivity index (χ0) is 13.7. The molecule has 19 heavy (non-hydrogen) atoms. The van der Waals surface area contributed by atoms with E-state index in [9.17, 15) is 4.79 Å². The van der Waals surface area contributed by atoms with Gasteiger partial charge in [-0.25, -0.2) is 4.98 Å². The minimum Gasteiger partial charge on any atom is -0.478 e. The summed E-state index contributed by atoms with van der Waals surface area (Å²) in [6.45, 7) is 1.96. The van der Waals surface area contributed by atoms with Gasteiger partial charge in [0.2, 0.25) is 0 Å². The maximum atomic E-state index is 11.8. The first-order valence-electron chi connectivity index (χ1n) is 5.74. The van der Waals surface area contributed by atoms with Crippen LogP contribution in [0.3, 0.4) is 0 Å². The lowest BCUT2D eigenvalue weighted by Crippen LogP contribution is -2.35. The van der Waals surface area contributed by atoms with Crippen LogP contribution in [0.2, 0.25) is 5.15 Å². The first-order valence-corrected chi connectivity index (χ1v) is 6.12. The Morgan fingerprint density at radius 3 is 3.05 bits per heavy atom. The lowest BCUT2D eigenvalue weighted by Gasteiger charge is -2.14. The molecule has 0 saturated heterocycles. The molecule has 1 atom stereocenters. The van der Waals surface area contributed by atoms with Gasteiger partial charge in [-0.3, -0.25) is 4.79 Å². The van der Waals surface area contributed by atoms with Gasteiger partial charge in [0.15, 0.2) is 17.0 Å². The summed E-state index contributed by atoms with van der Waals surface area (Å²) < 4.78 is 10.6. The van der Waals surface area contributed by atoms with Gasteiger partial charge in [0.25, 0.3) is 5.91 Å². The summed E-state index contributed by atoms with van der Waals surface area (Å²) in [4.78, 5) is 15.7. The quantitative estimate of drug-likeness (QED) is 0.854. The summed E-state index contributed by atoms with van der Waals surface area (Å²) in [5.74, 6) is 0.807. The Balaban J connectivity index is 1.87. The van der Waals surface area contributed by atoms with E-state index in [4.69, 9.17) is 20.8 Å². The van der Waals surface area contributed by atoms with Crippen molar-refractivity contribution < 1.29 is 13.9 Å². The molecule has 6 heteroatoms. The van der Waals surface area contributed by atoms with Crippen LogP contribution >= 0.6 is 11.6 Å². The predicted molar refractivity (Wildman–Crippen MR) is 69.9 cm³/mol. The Hall–Kier alpha value is -2.01. The van der Waals surface area contributed by atoms with Gasteiger partial charge in [-0.05, 0) is 31.2 Å². The molecule has 0 fully saturated rings. The number of aromatic nitrogens is 1. The molecule has 0 saturated carbocycles. The molecule has 100 valence electrons. The monoisotopic (exact) mass is 280 g/mol. The lowest BCUT2D eigenvalue weighted by molar-refractivity contribution is -0.127. The highest BCUT2D eigenvalue weighted by Gasteiger charge is 2.16. The highest BCUT2D eigenvalue weighted by molar-refractivity contribution is 6.30. The molecular formula is C13H13ClN2O3. The van der Waals surface area contributed by atoms with Crippen LogP contribution in [-0.4, -0.2) is 17.0 Å². The molecular weight excluding hydrogens is 268 g/mol. The average molecular weight is 281 g/mol. The third-order valence-electron chi connectivity index (χ3n) is 2.41. The molecule has 2 aromatic heterocycles. The third kappa shape index (κ3) is 3.72. The van der Waals surface area contributed by atoms with Crippen LogP contribution < -0.4 is 10.1 Å². The molecule has 0 aliphatic rings. The molecule has 0 aliphatic carbocycles. The van der Waals surface area contributed by atoms with Gasteiger partial charge >= 0.3 is 0 Å². The van der Waals surface area contributed by atoms with Crippen molar-refractivity contribution in [3.05, 3.63) is 47.6 Å². The molecule has 0 aliphatic heterocycles. The number of amides is 1. The smallest absolute Gasteiger partial charge is 0.261 e. The predicted octanol–water partition coefficient (Wildman–Crippen LogP) is 2.41. The number of hydrogen-bond donors (Lipinski definition) is 1. The fourth-order valence-corrected chi connectivity index (χ4v) is 1.60. The fourth-order valence-electron chi connectivity index (χ4n) is 1.43. The number of furan rings is 1. The highest BCUT2D eigenvalue weighted by atomic mass is 35.5. The van der Waals surface area contributed by atoms with E-state index in [0.29, 0.717) is 18.1 Å². The Labute approximate surface area is 115 Å². The summed E-state index contributed by atoms with van der Waals surface area (Å²) in [7, 11) is 0. The highest BCUT2D eigenvalue weighted by Crippen LogP contribution is 2.21. The second-order valence-electron chi connectivity index (χ2n) is 3.85. The number of halogens is 1. The van der Waals surface area contributed by atoms with Crippen LogP contribution in [0.4, 0.5) is 0 Å². The molecule has 0 spiro atoms. The van der Waals surface area contributed by atoms with Crippen molar-refractivity contribution in [3.8, 4) is 5.75 Å². The van der Waals surface area contributed by atoms with Gasteiger partial charge in [0, 0.05) is 6.20 Å². The van der Waals surface area contributed by atoms with Gasteiger partial charge in [0.05, 0.1) is 12.8 Å². The van der Waals surface area contributed by atoms with Crippen LogP contribution in [-0.2, 0) is 11.3 Å². The van der Waals surface area contributed by atoms with E-state index >= 15 is 0 Å². The average Bonchev–Trinajstić information content (AvgIpc) is 2.91. The molecule has 5 nitrogen and oxygen atoms in total. The number of hydrogen-bond acceptors (Lipinski definition) is 4. The fraction of sp³-hybridized carbons (Fsp3) is 0.231. The van der Waals surface area contributed by atoms with Crippen molar-refractivity contribution in [2.75, 3.05) is 0 Å². The second kappa shape index (κ2) is 6.24. The Morgan fingerprint density at radius 1 is 1.53 bits per heavy atom. The summed E-state index contributed by atoms with van der Waals surface area (Å²) in [6, 6.07) is 6.89. The minimum atomic E-state index is -0.670. The van der Waals surface area contributed by atoms with E-state index in [2.05, 4.69) is 10.3 Å². The topological polar surface area (TPSA) is 64.4 Å². The van der Waals surface area contributed by atoms with E-state index in [1.807, 2.05) is 0 Å². The molecule has 0 aromatic carbocycles. The van der Waals surface area contributed by atoms with E-state index in [-0.39, 0.29) is 11.1 Å². The number of nitrogens with one attached hydrogen (secondary N) is 1. The number of ether oxygens (including phenoxy) is 1. The van der Waals surface area contributed by atoms with Gasteiger partial charge in [-0.1, -0.05) is 11.6 Å². The van der Waals surface area contributed by atoms with E-state index in [0.717, 1.165) is 0 Å². The Kier molecular flexibility index (Phi) is 4.41. The number of rotatable bonds is 5. The van der Waals surface area contributed by atoms with Gasteiger partial charge < -0.3 is 14.5 Å². The number of pyridine rings is 1. The van der Waals surface area contributed by atoms with Crippen molar-refractivity contribution in [1.82, 2.24) is 10.3 Å². The molecule has 0 bridgehead atoms. The SMILES string of the molecule is CC(Oc1cccnc1Cl)C(=O)NCc1ccco1. The maximum absolute atomic E-state index is 11.8. The van der Waals surface area contributed by atoms with Gasteiger partial charge in [-0.2, -0.15) is 0 Å². The Morgan fingerprint density at radius 2 is 2.37 bits per heavy atom. The van der Waals surface area contributed by atoms with Crippen molar-refractivity contribution in [3.63, 3.8) is 0 Å². The molecule has 2 rings (SSSR count). The maximum Gasteiger partial charge on any atom is 0.261 e. The van der Waals surface area contributed by atoms with Crippen molar-refractivity contribution in [2.45, 2.75) is 19.6 Å². The summed E-state index contributed by atoms with van der Waals surface area (Å²) >= 11 is 5.85. The molecule has 1 unspecified atom stereocenters. The molecule has 0 radical (unpaired) electrons. The molecule has 1 amide bonds. The minimum absolute atomic E-state index is 0.230. The summed E-state index contributed by atoms with van der Waals surface area (Å²) in [6.07, 6.45) is 2.44. The number of carbonyl (C=O) groups is 1. The standard InChI is InChI=1S/C13H13ClN2O3/c1-9(19-11-5-2-6-15-12(11)14)13(17)16-8-10-4-3-7-18-10/h2-7,9H,8H2,1H3,(H,16,17). The van der Waals surface area contributed by atoms with Crippen LogP contribution in [0.5, 0.6) is 5.75 Å². The Bertz CT molecular complexity index is 543. The normalized spacial score (nSPS) is 11.9. The van der Waals surface area contributed by atoms with Crippen LogP contribution in [0.15, 0.2) is 41.1 Å². The largest absolute Gasteiger partial charge is 0.478 e. The number of nitrogens with zero attached hydrogens (tertiary/aromatic N) is 1. The second-order valence-corrected chi connectivity index (χ2v) is 4.21. The zero-order valence-corrected chi connectivity index (χ0v) is 11.1. The van der Waals surface area contributed by atoms with E-state index in [1.54, 1.807) is 43.6 Å². The number of carbonyl (C=O) groups excluding carboxylic acids is 1. The summed E-state index contributed by atoms with van der Waals surface area (Å²) in [5.41, 5.74) is 0. The molecule has 2 heterocycles. The lowest BCUT2D eigenvalue weighted by atomic mass is 10.3. The van der Waals surface area contributed by atoms with Gasteiger partial charge in [-0.15, -0.1) is 0 Å². The van der Waals surface area contributed by atoms with E-state index in [1.165, 1.54) is 0 Å². The first kappa shape index (κ1) is 13.4. The van der Waals surface area contributed by atoms with Crippen LogP contribution in [0, 0.1) is 0 Å². The van der Waals surface area contributed by atoms with Crippen molar-refractivity contribution in [1.29, 1.82) is 0 Å². The molecule has 1 N–H and O–H groups in total. The van der Waals surface area contributed by atoms with Crippen LogP contribution in [0.1, 0.15) is 12.7 Å². The zero-order valence-electron chi connectivity index (χ0n) is 10.3. The van der Waals surface area contributed by atoms with E-state index < -0.39 is 6.10 Å². The summed E-state index contributed by atoms with van der Waals surface area (Å²) in [5, 5.41) is 2.93. The third-order valence-corrected chi connectivity index (χ3v) is 2.70. The first-order chi connectivity index (χ1) is 9.16. The van der Waals surface area contributed by atoms with Crippen molar-refractivity contribution >= 4 is 17.5 Å². The van der Waals surface area contributed by atoms with Crippen LogP contribution in [0.25, 0.3) is 0 Å². The molecule has 2 aromatic rings. The van der Waals surface area contributed by atoms with Gasteiger partial charge in [0.1, 0.15) is 5.76 Å². The van der Waals surface area contributed by atoms with Crippen molar-refractivity contribution in [2.24, 2.45) is 0 Å².